The van der Waals surface area contributed by atoms with Gasteiger partial charge in [-0.05, 0) is 31.9 Å². The molecule has 2 saturated heterocycles. The molecule has 2 aliphatic heterocycles. The quantitative estimate of drug-likeness (QED) is 0.937. The van der Waals surface area contributed by atoms with Crippen molar-refractivity contribution in [1.29, 1.82) is 0 Å². The molecule has 4 rings (SSSR count). The van der Waals surface area contributed by atoms with Crippen molar-refractivity contribution in [3.8, 4) is 10.4 Å². The summed E-state index contributed by atoms with van der Waals surface area (Å²) in [6.07, 6.45) is 4.49. The third kappa shape index (κ3) is 2.41. The minimum absolute atomic E-state index is 0.409. The van der Waals surface area contributed by atoms with Crippen LogP contribution in [0.5, 0.6) is 0 Å². The van der Waals surface area contributed by atoms with Gasteiger partial charge in [-0.3, -0.25) is 0 Å². The fourth-order valence-corrected chi connectivity index (χ4v) is 4.78. The van der Waals surface area contributed by atoms with Gasteiger partial charge in [-0.25, -0.2) is 4.98 Å². The molecule has 3 nitrogen and oxygen atoms in total. The molecule has 2 bridgehead atoms. The summed E-state index contributed by atoms with van der Waals surface area (Å²) in [5.41, 5.74) is 2.45. The van der Waals surface area contributed by atoms with Crippen LogP contribution in [0, 0.1) is 0 Å². The lowest BCUT2D eigenvalue weighted by Crippen LogP contribution is -2.14. The van der Waals surface area contributed by atoms with E-state index < -0.39 is 0 Å². The van der Waals surface area contributed by atoms with Crippen molar-refractivity contribution in [2.24, 2.45) is 0 Å². The van der Waals surface area contributed by atoms with E-state index in [0.29, 0.717) is 18.1 Å². The van der Waals surface area contributed by atoms with E-state index in [4.69, 9.17) is 9.72 Å². The average Bonchev–Trinajstić information content (AvgIpc) is 3.23. The summed E-state index contributed by atoms with van der Waals surface area (Å²) in [6.45, 7) is 0.822. The number of hydrogen-bond donors (Lipinski definition) is 1. The molecule has 110 valence electrons. The zero-order chi connectivity index (χ0) is 14.2. The van der Waals surface area contributed by atoms with E-state index in [1.54, 1.807) is 0 Å². The maximum absolute atomic E-state index is 6.01. The molecule has 2 aliphatic rings. The Labute approximate surface area is 129 Å². The van der Waals surface area contributed by atoms with E-state index in [0.717, 1.165) is 13.0 Å². The first-order valence-corrected chi connectivity index (χ1v) is 8.52. The van der Waals surface area contributed by atoms with Gasteiger partial charge < -0.3 is 10.1 Å². The molecular weight excluding hydrogens is 280 g/mol. The van der Waals surface area contributed by atoms with Crippen LogP contribution in [-0.4, -0.2) is 24.2 Å². The summed E-state index contributed by atoms with van der Waals surface area (Å²) in [7, 11) is 1.98. The van der Waals surface area contributed by atoms with Crippen molar-refractivity contribution in [2.75, 3.05) is 7.05 Å². The number of ether oxygens (including phenoxy) is 1. The predicted octanol–water partition coefficient (Wildman–Crippen LogP) is 3.56. The van der Waals surface area contributed by atoms with Crippen LogP contribution >= 0.6 is 11.3 Å². The number of rotatable bonds is 4. The summed E-state index contributed by atoms with van der Waals surface area (Å²) in [4.78, 5) is 6.26. The van der Waals surface area contributed by atoms with Crippen LogP contribution in [-0.2, 0) is 11.3 Å². The Kier molecular flexibility index (Phi) is 3.53. The largest absolute Gasteiger partial charge is 0.374 e. The Morgan fingerprint density at radius 1 is 1.29 bits per heavy atom. The first-order chi connectivity index (χ1) is 10.3. The van der Waals surface area contributed by atoms with Crippen LogP contribution in [0.2, 0.25) is 0 Å². The molecule has 0 radical (unpaired) electrons. The smallest absolute Gasteiger partial charge is 0.0993 e. The highest BCUT2D eigenvalue weighted by molar-refractivity contribution is 7.15. The number of nitrogens with one attached hydrogen (secondary N) is 1. The molecule has 3 atom stereocenters. The maximum atomic E-state index is 6.01. The highest BCUT2D eigenvalue weighted by Gasteiger charge is 2.43. The Bertz CT molecular complexity index is 625. The van der Waals surface area contributed by atoms with Gasteiger partial charge in [0.1, 0.15) is 0 Å². The van der Waals surface area contributed by atoms with Gasteiger partial charge in [-0.1, -0.05) is 30.3 Å². The van der Waals surface area contributed by atoms with Crippen LogP contribution in [0.4, 0.5) is 0 Å². The van der Waals surface area contributed by atoms with Gasteiger partial charge in [0.05, 0.1) is 27.8 Å². The summed E-state index contributed by atoms with van der Waals surface area (Å²) in [6, 6.07) is 10.6. The van der Waals surface area contributed by atoms with Crippen LogP contribution in [0.15, 0.2) is 30.3 Å². The monoisotopic (exact) mass is 300 g/mol. The number of nitrogens with zero attached hydrogens (tertiary/aromatic N) is 1. The number of aromatic nitrogens is 1. The van der Waals surface area contributed by atoms with Crippen molar-refractivity contribution in [3.63, 3.8) is 0 Å². The van der Waals surface area contributed by atoms with E-state index >= 15 is 0 Å². The topological polar surface area (TPSA) is 34.2 Å². The fraction of sp³-hybridized carbons (Fsp3) is 0.471. The molecule has 0 spiro atoms. The zero-order valence-corrected chi connectivity index (χ0v) is 13.0. The van der Waals surface area contributed by atoms with E-state index in [1.165, 1.54) is 34.0 Å². The van der Waals surface area contributed by atoms with Crippen molar-refractivity contribution in [3.05, 3.63) is 41.0 Å². The molecule has 2 aromatic rings. The van der Waals surface area contributed by atoms with Gasteiger partial charge in [0.25, 0.3) is 0 Å². The average molecular weight is 300 g/mol. The molecule has 3 unspecified atom stereocenters. The molecule has 2 fully saturated rings. The van der Waals surface area contributed by atoms with Crippen LogP contribution in [0.1, 0.15) is 35.9 Å². The lowest BCUT2D eigenvalue weighted by molar-refractivity contribution is 0.100. The minimum atomic E-state index is 0.409. The van der Waals surface area contributed by atoms with Crippen LogP contribution < -0.4 is 5.32 Å². The zero-order valence-electron chi connectivity index (χ0n) is 12.2. The van der Waals surface area contributed by atoms with E-state index in [1.807, 2.05) is 18.4 Å². The van der Waals surface area contributed by atoms with Gasteiger partial charge in [0.15, 0.2) is 0 Å². The molecule has 1 aromatic heterocycles. The summed E-state index contributed by atoms with van der Waals surface area (Å²) < 4.78 is 6.01. The second-order valence-electron chi connectivity index (χ2n) is 5.94. The Balaban J connectivity index is 1.70. The molecule has 21 heavy (non-hydrogen) atoms. The molecule has 1 aromatic carbocycles. The Morgan fingerprint density at radius 2 is 2.14 bits per heavy atom. The first kappa shape index (κ1) is 13.4. The molecule has 3 heterocycles. The fourth-order valence-electron chi connectivity index (χ4n) is 3.53. The summed E-state index contributed by atoms with van der Waals surface area (Å²) in [5, 5.41) is 4.51. The molecular formula is C17H20N2OS. The van der Waals surface area contributed by atoms with Gasteiger partial charge in [0.2, 0.25) is 0 Å². The van der Waals surface area contributed by atoms with Crippen molar-refractivity contribution < 1.29 is 4.74 Å². The van der Waals surface area contributed by atoms with Gasteiger partial charge in [-0.15, -0.1) is 11.3 Å². The second kappa shape index (κ2) is 5.52. The summed E-state index contributed by atoms with van der Waals surface area (Å²) >= 11 is 1.86. The third-order valence-electron chi connectivity index (χ3n) is 4.52. The van der Waals surface area contributed by atoms with E-state index in [9.17, 15) is 0 Å². The highest BCUT2D eigenvalue weighted by atomic mass is 32.1. The van der Waals surface area contributed by atoms with Crippen LogP contribution in [0.25, 0.3) is 10.4 Å². The van der Waals surface area contributed by atoms with E-state index in [2.05, 4.69) is 35.6 Å². The number of fused-ring (bicyclic) bond motifs is 2. The van der Waals surface area contributed by atoms with Crippen molar-refractivity contribution >= 4 is 11.3 Å². The molecule has 0 amide bonds. The molecule has 1 N–H and O–H groups in total. The lowest BCUT2D eigenvalue weighted by atomic mass is 9.90. The maximum Gasteiger partial charge on any atom is 0.0993 e. The number of hydrogen-bond acceptors (Lipinski definition) is 4. The highest BCUT2D eigenvalue weighted by Crippen LogP contribution is 2.47. The lowest BCUT2D eigenvalue weighted by Gasteiger charge is -2.15. The molecule has 4 heteroatoms. The minimum Gasteiger partial charge on any atom is -0.374 e. The second-order valence-corrected chi connectivity index (χ2v) is 6.97. The van der Waals surface area contributed by atoms with Gasteiger partial charge in [-0.2, -0.15) is 0 Å². The molecule has 0 aliphatic carbocycles. The van der Waals surface area contributed by atoms with Crippen LogP contribution in [0.3, 0.4) is 0 Å². The summed E-state index contributed by atoms with van der Waals surface area (Å²) in [5.74, 6) is 0.516. The Hall–Kier alpha value is -1.23. The normalized spacial score (nSPS) is 27.4. The first-order valence-electron chi connectivity index (χ1n) is 7.70. The predicted molar refractivity (Wildman–Crippen MR) is 85.6 cm³/mol. The van der Waals surface area contributed by atoms with Gasteiger partial charge in [0, 0.05) is 12.5 Å². The standard InChI is InChI=1S/C17H20N2OS/c1-18-10-14-16(11-5-3-2-4-6-11)21-17(19-14)13-9-12-7-8-15(13)20-12/h2-6,12-13,15,18H,7-10H2,1H3. The number of thiazole rings is 1. The van der Waals surface area contributed by atoms with Crippen molar-refractivity contribution in [1.82, 2.24) is 10.3 Å². The molecule has 0 saturated carbocycles. The Morgan fingerprint density at radius 3 is 2.81 bits per heavy atom. The third-order valence-corrected chi connectivity index (χ3v) is 5.80. The number of benzene rings is 1. The van der Waals surface area contributed by atoms with E-state index in [-0.39, 0.29) is 0 Å². The SMILES string of the molecule is CNCc1nc(C2CC3CCC2O3)sc1-c1ccccc1. The van der Waals surface area contributed by atoms with Crippen molar-refractivity contribution in [2.45, 2.75) is 43.9 Å². The van der Waals surface area contributed by atoms with Gasteiger partial charge >= 0.3 is 0 Å².